The van der Waals surface area contributed by atoms with E-state index in [9.17, 15) is 4.39 Å². The van der Waals surface area contributed by atoms with Crippen LogP contribution >= 0.6 is 11.6 Å². The standard InChI is InChI=1S/C15H21ClFN/c1-3-18-14(15(2)8-4-5-9-15)12-7-6-11(16)10-13(12)17/h6-7,10,14,18H,3-5,8-9H2,1-2H3. The SMILES string of the molecule is CCNC(c1ccc(Cl)cc1F)C1(C)CCCC1. The zero-order chi connectivity index (χ0) is 13.2. The van der Waals surface area contributed by atoms with Gasteiger partial charge in [0.15, 0.2) is 0 Å². The molecule has 0 heterocycles. The largest absolute Gasteiger partial charge is 0.310 e. The van der Waals surface area contributed by atoms with Gasteiger partial charge in [-0.2, -0.15) is 0 Å². The summed E-state index contributed by atoms with van der Waals surface area (Å²) >= 11 is 5.83. The van der Waals surface area contributed by atoms with Crippen molar-refractivity contribution in [2.45, 2.75) is 45.6 Å². The van der Waals surface area contributed by atoms with E-state index in [-0.39, 0.29) is 17.3 Å². The van der Waals surface area contributed by atoms with Gasteiger partial charge in [-0.05, 0) is 36.9 Å². The van der Waals surface area contributed by atoms with Crippen LogP contribution in [0.1, 0.15) is 51.1 Å². The lowest BCUT2D eigenvalue weighted by molar-refractivity contribution is 0.221. The van der Waals surface area contributed by atoms with Crippen molar-refractivity contribution in [3.63, 3.8) is 0 Å². The van der Waals surface area contributed by atoms with E-state index in [0.717, 1.165) is 24.9 Å². The smallest absolute Gasteiger partial charge is 0.129 e. The summed E-state index contributed by atoms with van der Waals surface area (Å²) in [5.74, 6) is -0.193. The highest BCUT2D eigenvalue weighted by Crippen LogP contribution is 2.47. The lowest BCUT2D eigenvalue weighted by Gasteiger charge is -2.35. The maximum Gasteiger partial charge on any atom is 0.129 e. The van der Waals surface area contributed by atoms with Crippen LogP contribution in [0, 0.1) is 11.2 Å². The second kappa shape index (κ2) is 5.58. The Morgan fingerprint density at radius 3 is 2.61 bits per heavy atom. The molecule has 0 aromatic heterocycles. The van der Waals surface area contributed by atoms with Crippen molar-refractivity contribution in [1.29, 1.82) is 0 Å². The first-order valence-corrected chi connectivity index (χ1v) is 7.13. The van der Waals surface area contributed by atoms with Gasteiger partial charge < -0.3 is 5.32 Å². The summed E-state index contributed by atoms with van der Waals surface area (Å²) in [6.07, 6.45) is 4.81. The van der Waals surface area contributed by atoms with Crippen molar-refractivity contribution in [2.24, 2.45) is 5.41 Å². The van der Waals surface area contributed by atoms with Crippen molar-refractivity contribution in [3.05, 3.63) is 34.6 Å². The summed E-state index contributed by atoms with van der Waals surface area (Å²) in [6, 6.07) is 5.11. The summed E-state index contributed by atoms with van der Waals surface area (Å²) < 4.78 is 14.1. The molecule has 1 saturated carbocycles. The van der Waals surface area contributed by atoms with E-state index in [4.69, 9.17) is 11.6 Å². The van der Waals surface area contributed by atoms with Gasteiger partial charge in [0.05, 0.1) is 0 Å². The molecule has 1 aromatic rings. The molecule has 0 saturated heterocycles. The predicted molar refractivity (Wildman–Crippen MR) is 74.4 cm³/mol. The fraction of sp³-hybridized carbons (Fsp3) is 0.600. The Kier molecular flexibility index (Phi) is 4.29. The van der Waals surface area contributed by atoms with Crippen LogP contribution in [0.4, 0.5) is 4.39 Å². The number of halogens is 2. The van der Waals surface area contributed by atoms with Gasteiger partial charge >= 0.3 is 0 Å². The fourth-order valence-electron chi connectivity index (χ4n) is 3.14. The first-order chi connectivity index (χ1) is 8.57. The third-order valence-corrected chi connectivity index (χ3v) is 4.36. The van der Waals surface area contributed by atoms with Gasteiger partial charge in [0.2, 0.25) is 0 Å². The van der Waals surface area contributed by atoms with Crippen LogP contribution in [0.25, 0.3) is 0 Å². The Balaban J connectivity index is 2.34. The normalized spacial score (nSPS) is 20.0. The van der Waals surface area contributed by atoms with Crippen LogP contribution in [0.2, 0.25) is 5.02 Å². The fourth-order valence-corrected chi connectivity index (χ4v) is 3.30. The molecule has 0 bridgehead atoms. The number of nitrogens with one attached hydrogen (secondary N) is 1. The highest BCUT2D eigenvalue weighted by Gasteiger charge is 2.38. The van der Waals surface area contributed by atoms with Gasteiger partial charge in [-0.15, -0.1) is 0 Å². The lowest BCUT2D eigenvalue weighted by Crippen LogP contribution is -2.35. The monoisotopic (exact) mass is 269 g/mol. The van der Waals surface area contributed by atoms with E-state index < -0.39 is 0 Å². The van der Waals surface area contributed by atoms with E-state index in [1.54, 1.807) is 6.07 Å². The highest BCUT2D eigenvalue weighted by atomic mass is 35.5. The molecule has 0 radical (unpaired) electrons. The summed E-state index contributed by atoms with van der Waals surface area (Å²) in [5.41, 5.74) is 0.913. The van der Waals surface area contributed by atoms with Crippen LogP contribution in [0.15, 0.2) is 18.2 Å². The van der Waals surface area contributed by atoms with Crippen LogP contribution in [0.3, 0.4) is 0 Å². The maximum absolute atomic E-state index is 14.1. The molecular weight excluding hydrogens is 249 g/mol. The second-order valence-electron chi connectivity index (χ2n) is 5.52. The third-order valence-electron chi connectivity index (χ3n) is 4.12. The van der Waals surface area contributed by atoms with E-state index >= 15 is 0 Å². The van der Waals surface area contributed by atoms with Crippen LogP contribution in [-0.2, 0) is 0 Å². The van der Waals surface area contributed by atoms with E-state index in [0.29, 0.717) is 5.02 Å². The van der Waals surface area contributed by atoms with Gasteiger partial charge in [-0.25, -0.2) is 4.39 Å². The highest BCUT2D eigenvalue weighted by molar-refractivity contribution is 6.30. The molecule has 0 aliphatic heterocycles. The molecule has 100 valence electrons. The molecular formula is C15H21ClFN. The molecule has 1 fully saturated rings. The van der Waals surface area contributed by atoms with Gasteiger partial charge in [0.1, 0.15) is 5.82 Å². The average molecular weight is 270 g/mol. The van der Waals surface area contributed by atoms with Gasteiger partial charge in [-0.1, -0.05) is 44.4 Å². The zero-order valence-electron chi connectivity index (χ0n) is 11.1. The van der Waals surface area contributed by atoms with Crippen molar-refractivity contribution >= 4 is 11.6 Å². The first kappa shape index (κ1) is 13.8. The zero-order valence-corrected chi connectivity index (χ0v) is 11.9. The number of rotatable bonds is 4. The van der Waals surface area contributed by atoms with E-state index in [2.05, 4.69) is 19.2 Å². The predicted octanol–water partition coefficient (Wildman–Crippen LogP) is 4.71. The maximum atomic E-state index is 14.1. The number of benzene rings is 1. The topological polar surface area (TPSA) is 12.0 Å². The second-order valence-corrected chi connectivity index (χ2v) is 5.95. The van der Waals surface area contributed by atoms with Crippen LogP contribution in [-0.4, -0.2) is 6.54 Å². The third kappa shape index (κ3) is 2.70. The van der Waals surface area contributed by atoms with Crippen LogP contribution in [0.5, 0.6) is 0 Å². The number of hydrogen-bond acceptors (Lipinski definition) is 1. The Morgan fingerprint density at radius 2 is 2.06 bits per heavy atom. The van der Waals surface area contributed by atoms with Crippen molar-refractivity contribution in [2.75, 3.05) is 6.54 Å². The Morgan fingerprint density at radius 1 is 1.39 bits per heavy atom. The van der Waals surface area contributed by atoms with Crippen LogP contribution < -0.4 is 5.32 Å². The van der Waals surface area contributed by atoms with E-state index in [1.165, 1.54) is 18.9 Å². The summed E-state index contributed by atoms with van der Waals surface area (Å²) in [4.78, 5) is 0. The molecule has 1 N–H and O–H groups in total. The van der Waals surface area contributed by atoms with Gasteiger partial charge in [-0.3, -0.25) is 0 Å². The Hall–Kier alpha value is -0.600. The minimum atomic E-state index is -0.193. The van der Waals surface area contributed by atoms with Crippen molar-refractivity contribution in [3.8, 4) is 0 Å². The minimum Gasteiger partial charge on any atom is -0.310 e. The van der Waals surface area contributed by atoms with Crippen molar-refractivity contribution in [1.82, 2.24) is 5.32 Å². The molecule has 2 rings (SSSR count). The molecule has 1 aliphatic rings. The van der Waals surface area contributed by atoms with Gasteiger partial charge in [0, 0.05) is 16.6 Å². The Bertz CT molecular complexity index is 413. The summed E-state index contributed by atoms with van der Waals surface area (Å²) in [5, 5.41) is 3.92. The molecule has 18 heavy (non-hydrogen) atoms. The molecule has 0 amide bonds. The lowest BCUT2D eigenvalue weighted by atomic mass is 9.77. The molecule has 1 aliphatic carbocycles. The minimum absolute atomic E-state index is 0.0854. The van der Waals surface area contributed by atoms with Gasteiger partial charge in [0.25, 0.3) is 0 Å². The summed E-state index contributed by atoms with van der Waals surface area (Å²) in [6.45, 7) is 5.18. The first-order valence-electron chi connectivity index (χ1n) is 6.75. The molecule has 3 heteroatoms. The molecule has 1 atom stereocenters. The quantitative estimate of drug-likeness (QED) is 0.835. The number of hydrogen-bond donors (Lipinski definition) is 1. The van der Waals surface area contributed by atoms with E-state index in [1.807, 2.05) is 6.07 Å². The summed E-state index contributed by atoms with van der Waals surface area (Å²) in [7, 11) is 0. The van der Waals surface area contributed by atoms with Crippen molar-refractivity contribution < 1.29 is 4.39 Å². The molecule has 1 unspecified atom stereocenters. The molecule has 1 nitrogen and oxygen atoms in total. The molecule has 1 aromatic carbocycles. The average Bonchev–Trinajstić information content (AvgIpc) is 2.75. The molecule has 0 spiro atoms. The Labute approximate surface area is 114 Å².